The first-order chi connectivity index (χ1) is 4.68. The average Bonchev–Trinajstić information content (AvgIpc) is 1.88. The number of carbonyl (C=O) groups is 1. The molecule has 0 saturated carbocycles. The van der Waals surface area contributed by atoms with Crippen molar-refractivity contribution in [3.05, 3.63) is 10.4 Å². The largest absolute Gasteiger partial charge is 0.384 e. The molecule has 0 fully saturated rings. The molecule has 0 aliphatic rings. The summed E-state index contributed by atoms with van der Waals surface area (Å²) in [7, 11) is 0. The van der Waals surface area contributed by atoms with E-state index in [1.54, 1.807) is 0 Å². The molecule has 1 atom stereocenters. The van der Waals surface area contributed by atoms with E-state index in [2.05, 4.69) is 22.7 Å². The van der Waals surface area contributed by atoms with E-state index in [0.717, 1.165) is 0 Å². The second kappa shape index (κ2) is 5.10. The van der Waals surface area contributed by atoms with Crippen molar-refractivity contribution in [2.75, 3.05) is 6.54 Å². The maximum atomic E-state index is 10.2. The van der Waals surface area contributed by atoms with Crippen LogP contribution in [0.3, 0.4) is 0 Å². The van der Waals surface area contributed by atoms with Crippen molar-refractivity contribution in [2.24, 2.45) is 5.11 Å². The van der Waals surface area contributed by atoms with Crippen LogP contribution in [0.2, 0.25) is 0 Å². The lowest BCUT2D eigenvalue weighted by atomic mass is 10.3. The molecule has 1 unspecified atom stereocenters. The Morgan fingerprint density at radius 3 is 2.90 bits per heavy atom. The summed E-state index contributed by atoms with van der Waals surface area (Å²) in [4.78, 5) is 12.7. The van der Waals surface area contributed by atoms with E-state index < -0.39 is 11.2 Å². The smallest absolute Gasteiger partial charge is 0.214 e. The first kappa shape index (κ1) is 9.29. The Morgan fingerprint density at radius 2 is 2.50 bits per heavy atom. The molecule has 0 bridgehead atoms. The van der Waals surface area contributed by atoms with Gasteiger partial charge in [0.2, 0.25) is 5.12 Å². The summed E-state index contributed by atoms with van der Waals surface area (Å²) in [6.07, 6.45) is -0.985. The third kappa shape index (κ3) is 4.20. The molecule has 6 heteroatoms. The quantitative estimate of drug-likeness (QED) is 0.272. The van der Waals surface area contributed by atoms with Gasteiger partial charge in [-0.15, -0.1) is 12.6 Å². The number of hydrogen-bond acceptors (Lipinski definition) is 3. The SMILES string of the molecule is [N-]=[N+]=NCCC(O)C(=O)S. The molecule has 0 aromatic rings. The van der Waals surface area contributed by atoms with Gasteiger partial charge in [-0.1, -0.05) is 5.11 Å². The molecule has 0 aliphatic heterocycles. The first-order valence-corrected chi connectivity index (χ1v) is 3.05. The highest BCUT2D eigenvalue weighted by molar-refractivity contribution is 7.96. The van der Waals surface area contributed by atoms with Crippen LogP contribution in [-0.4, -0.2) is 22.9 Å². The van der Waals surface area contributed by atoms with Gasteiger partial charge in [0.25, 0.3) is 0 Å². The van der Waals surface area contributed by atoms with Crippen LogP contribution in [-0.2, 0) is 4.79 Å². The van der Waals surface area contributed by atoms with Crippen molar-refractivity contribution in [3.63, 3.8) is 0 Å². The second-order valence-corrected chi connectivity index (χ2v) is 2.04. The van der Waals surface area contributed by atoms with E-state index in [1.165, 1.54) is 0 Å². The third-order valence-corrected chi connectivity index (χ3v) is 1.15. The van der Waals surface area contributed by atoms with Crippen LogP contribution < -0.4 is 0 Å². The van der Waals surface area contributed by atoms with Crippen molar-refractivity contribution in [1.29, 1.82) is 0 Å². The highest BCUT2D eigenvalue weighted by atomic mass is 32.1. The summed E-state index contributed by atoms with van der Waals surface area (Å²) < 4.78 is 0. The maximum absolute atomic E-state index is 10.2. The molecule has 5 nitrogen and oxygen atoms in total. The molecule has 0 aromatic heterocycles. The van der Waals surface area contributed by atoms with Crippen molar-refractivity contribution < 1.29 is 9.90 Å². The van der Waals surface area contributed by atoms with E-state index in [4.69, 9.17) is 10.6 Å². The molecule has 0 aromatic carbocycles. The molecule has 0 amide bonds. The number of nitrogens with zero attached hydrogens (tertiary/aromatic N) is 3. The van der Waals surface area contributed by atoms with Crippen LogP contribution in [0, 0.1) is 0 Å². The zero-order valence-electron chi connectivity index (χ0n) is 5.14. The summed E-state index contributed by atoms with van der Waals surface area (Å²) in [6.45, 7) is 0.115. The fraction of sp³-hybridized carbons (Fsp3) is 0.750. The lowest BCUT2D eigenvalue weighted by Crippen LogP contribution is -2.15. The summed E-state index contributed by atoms with van der Waals surface area (Å²) in [5, 5.41) is 11.3. The Kier molecular flexibility index (Phi) is 4.74. The Bertz CT molecular complexity index is 166. The standard InChI is InChI=1S/C4H7N3O2S/c5-7-6-2-1-3(8)4(9)10/h3,8H,1-2H2,(H,9,10). The minimum absolute atomic E-state index is 0.115. The average molecular weight is 161 g/mol. The summed E-state index contributed by atoms with van der Waals surface area (Å²) in [5.74, 6) is 0. The van der Waals surface area contributed by atoms with Crippen molar-refractivity contribution in [1.82, 2.24) is 0 Å². The van der Waals surface area contributed by atoms with Gasteiger partial charge in [-0.25, -0.2) is 0 Å². The normalized spacial score (nSPS) is 11.8. The van der Waals surface area contributed by atoms with Gasteiger partial charge in [-0.3, -0.25) is 4.79 Å². The van der Waals surface area contributed by atoms with Crippen LogP contribution in [0.25, 0.3) is 10.4 Å². The Hall–Kier alpha value is -0.710. The molecule has 0 spiro atoms. The number of azide groups is 1. The van der Waals surface area contributed by atoms with Crippen LogP contribution in [0.5, 0.6) is 0 Å². The fourth-order valence-corrected chi connectivity index (χ4v) is 0.477. The molecule has 0 rings (SSSR count). The van der Waals surface area contributed by atoms with E-state index in [-0.39, 0.29) is 13.0 Å². The number of hydrogen-bond donors (Lipinski definition) is 2. The topological polar surface area (TPSA) is 86.1 Å². The van der Waals surface area contributed by atoms with Crippen LogP contribution in [0.15, 0.2) is 5.11 Å². The molecular weight excluding hydrogens is 154 g/mol. The number of carbonyl (C=O) groups excluding carboxylic acids is 1. The molecule has 0 heterocycles. The maximum Gasteiger partial charge on any atom is 0.214 e. The third-order valence-electron chi connectivity index (χ3n) is 0.851. The fourth-order valence-electron chi connectivity index (χ4n) is 0.348. The van der Waals surface area contributed by atoms with Gasteiger partial charge < -0.3 is 5.11 Å². The Morgan fingerprint density at radius 1 is 1.90 bits per heavy atom. The Labute approximate surface area is 63.1 Å². The predicted molar refractivity (Wildman–Crippen MR) is 38.6 cm³/mol. The molecular formula is C4H7N3O2S. The zero-order valence-corrected chi connectivity index (χ0v) is 6.03. The second-order valence-electron chi connectivity index (χ2n) is 1.60. The predicted octanol–water partition coefficient (Wildman–Crippen LogP) is 0.504. The van der Waals surface area contributed by atoms with Crippen LogP contribution in [0.1, 0.15) is 6.42 Å². The van der Waals surface area contributed by atoms with Gasteiger partial charge >= 0.3 is 0 Å². The molecule has 10 heavy (non-hydrogen) atoms. The van der Waals surface area contributed by atoms with Gasteiger partial charge in [0.05, 0.1) is 0 Å². The van der Waals surface area contributed by atoms with Gasteiger partial charge in [-0.2, -0.15) is 0 Å². The van der Waals surface area contributed by atoms with Crippen molar-refractivity contribution in [2.45, 2.75) is 12.5 Å². The number of aliphatic hydroxyl groups excluding tert-OH is 1. The molecule has 0 radical (unpaired) electrons. The lowest BCUT2D eigenvalue weighted by Gasteiger charge is -2.00. The summed E-state index contributed by atoms with van der Waals surface area (Å²) >= 11 is 3.37. The van der Waals surface area contributed by atoms with Gasteiger partial charge in [0.15, 0.2) is 0 Å². The van der Waals surface area contributed by atoms with E-state index in [1.807, 2.05) is 0 Å². The van der Waals surface area contributed by atoms with Gasteiger partial charge in [-0.05, 0) is 12.0 Å². The van der Waals surface area contributed by atoms with Crippen LogP contribution in [0.4, 0.5) is 0 Å². The Balaban J connectivity index is 3.48. The molecule has 1 N–H and O–H groups in total. The number of aliphatic hydroxyl groups is 1. The van der Waals surface area contributed by atoms with E-state index in [9.17, 15) is 4.79 Å². The van der Waals surface area contributed by atoms with Gasteiger partial charge in [0.1, 0.15) is 6.10 Å². The van der Waals surface area contributed by atoms with Crippen molar-refractivity contribution >= 4 is 17.7 Å². The molecule has 56 valence electrons. The monoisotopic (exact) mass is 161 g/mol. The zero-order chi connectivity index (χ0) is 7.98. The minimum Gasteiger partial charge on any atom is -0.384 e. The van der Waals surface area contributed by atoms with E-state index in [0.29, 0.717) is 0 Å². The molecule has 0 aliphatic carbocycles. The van der Waals surface area contributed by atoms with Crippen molar-refractivity contribution in [3.8, 4) is 0 Å². The first-order valence-electron chi connectivity index (χ1n) is 2.60. The minimum atomic E-state index is -1.12. The number of rotatable bonds is 4. The lowest BCUT2D eigenvalue weighted by molar-refractivity contribution is -0.118. The number of thiol groups is 1. The molecule has 0 saturated heterocycles. The highest BCUT2D eigenvalue weighted by Gasteiger charge is 2.08. The highest BCUT2D eigenvalue weighted by Crippen LogP contribution is 1.96. The van der Waals surface area contributed by atoms with Crippen LogP contribution >= 0.6 is 12.6 Å². The summed E-state index contributed by atoms with van der Waals surface area (Å²) in [6, 6.07) is 0. The van der Waals surface area contributed by atoms with E-state index >= 15 is 0 Å². The van der Waals surface area contributed by atoms with Gasteiger partial charge in [0, 0.05) is 11.5 Å². The summed E-state index contributed by atoms with van der Waals surface area (Å²) in [5.41, 5.74) is 7.79.